The van der Waals surface area contributed by atoms with Crippen LogP contribution in [0.5, 0.6) is 0 Å². The van der Waals surface area contributed by atoms with Gasteiger partial charge in [0.2, 0.25) is 5.91 Å². The second-order valence-corrected chi connectivity index (χ2v) is 21.1. The van der Waals surface area contributed by atoms with Crippen LogP contribution in [0.4, 0.5) is 0 Å². The highest BCUT2D eigenvalue weighted by Gasteiger charge is 2.47. The number of unbranched alkanes of at least 4 members (excludes halogenated alkanes) is 29. The third kappa shape index (κ3) is 40.0. The molecule has 1 amide bonds. The molecule has 1 fully saturated rings. The molecule has 0 spiro atoms. The van der Waals surface area contributed by atoms with Crippen molar-refractivity contribution in [2.75, 3.05) is 13.2 Å². The number of hydrogen-bond acceptors (Lipinski definition) is 10. The van der Waals surface area contributed by atoms with Crippen molar-refractivity contribution in [3.8, 4) is 0 Å². The zero-order chi connectivity index (χ0) is 54.7. The summed E-state index contributed by atoms with van der Waals surface area (Å²) in [6.07, 6.45) is 55.2. The molecule has 1 aliphatic heterocycles. The van der Waals surface area contributed by atoms with Gasteiger partial charge < -0.3 is 45.1 Å². The highest BCUT2D eigenvalue weighted by Crippen LogP contribution is 2.26. The number of hydrogen-bond donors (Lipinski definition) is 6. The number of carbonyl (C=O) groups is 2. The van der Waals surface area contributed by atoms with Gasteiger partial charge in [0, 0.05) is 6.42 Å². The van der Waals surface area contributed by atoms with Gasteiger partial charge in [0.05, 0.1) is 25.4 Å². The van der Waals surface area contributed by atoms with Crippen molar-refractivity contribution in [3.05, 3.63) is 72.9 Å². The summed E-state index contributed by atoms with van der Waals surface area (Å²) in [5.74, 6) is -1.22. The fourth-order valence-corrected chi connectivity index (χ4v) is 9.27. The Balaban J connectivity index is 2.64. The molecule has 0 saturated carbocycles. The Morgan fingerprint density at radius 3 is 1.56 bits per heavy atom. The third-order valence-electron chi connectivity index (χ3n) is 14.2. The monoisotopic (exact) mass is 1060 g/mol. The molecule has 1 saturated heterocycles. The minimum atomic E-state index is -1.62. The van der Waals surface area contributed by atoms with Crippen molar-refractivity contribution in [1.82, 2.24) is 5.32 Å². The van der Waals surface area contributed by atoms with Crippen LogP contribution in [0.1, 0.15) is 258 Å². The number of carbonyl (C=O) groups excluding carboxylic acids is 2. The number of ether oxygens (including phenoxy) is 3. The molecule has 1 rings (SSSR count). The van der Waals surface area contributed by atoms with Gasteiger partial charge in [-0.2, -0.15) is 0 Å². The Morgan fingerprint density at radius 1 is 0.547 bits per heavy atom. The maximum atomic E-state index is 13.4. The Morgan fingerprint density at radius 2 is 1.01 bits per heavy atom. The largest absolute Gasteiger partial charge is 0.454 e. The summed E-state index contributed by atoms with van der Waals surface area (Å²) >= 11 is 0. The molecular formula is C64H113NO10. The number of aliphatic hydroxyl groups excluding tert-OH is 5. The van der Waals surface area contributed by atoms with E-state index in [-0.39, 0.29) is 19.4 Å². The van der Waals surface area contributed by atoms with Crippen LogP contribution in [0.2, 0.25) is 0 Å². The average Bonchev–Trinajstić information content (AvgIpc) is 3.41. The minimum absolute atomic E-state index is 0.0987. The Kier molecular flexibility index (Phi) is 48.5. The summed E-state index contributed by atoms with van der Waals surface area (Å²) in [7, 11) is 0. The first-order valence-electron chi connectivity index (χ1n) is 30.7. The smallest absolute Gasteiger partial charge is 0.306 e. The van der Waals surface area contributed by atoms with E-state index >= 15 is 0 Å². The Hall–Kier alpha value is -2.90. The standard InChI is InChI=1S/C64H113NO10/c1-4-7-10-13-16-19-22-24-25-26-27-28-29-30-31-32-34-36-39-42-45-48-51-57(68)63(72)65-55(56(67)50-47-44-41-38-35-21-18-15-12-9-6-3)54-73-64-62(61(71)60(70)58(53-66)74-64)75-59(69)52-49-46-43-40-37-33-23-20-17-14-11-8-5-2/h8,11,14,16-17,19-20,23-25,47,50,55-58,60-62,64,66-68,70-71H,4-7,9-10,12-13,15,18,21-22,26-46,48-49,51-54H2,1-3H3,(H,65,72)/b11-8+,17-14+,19-16-,23-20-,25-24-,50-47+. The van der Waals surface area contributed by atoms with Gasteiger partial charge in [-0.05, 0) is 77.0 Å². The predicted molar refractivity (Wildman–Crippen MR) is 310 cm³/mol. The van der Waals surface area contributed by atoms with E-state index < -0.39 is 67.4 Å². The van der Waals surface area contributed by atoms with E-state index in [1.54, 1.807) is 6.08 Å². The van der Waals surface area contributed by atoms with Gasteiger partial charge in [-0.3, -0.25) is 9.59 Å². The number of rotatable bonds is 51. The van der Waals surface area contributed by atoms with Crippen LogP contribution in [0.3, 0.4) is 0 Å². The summed E-state index contributed by atoms with van der Waals surface area (Å²) in [5, 5.41) is 56.9. The molecule has 0 radical (unpaired) electrons. The van der Waals surface area contributed by atoms with Crippen LogP contribution in [-0.2, 0) is 23.8 Å². The molecule has 0 aromatic carbocycles. The fraction of sp³-hybridized carbons (Fsp3) is 0.781. The number of esters is 1. The van der Waals surface area contributed by atoms with E-state index in [4.69, 9.17) is 14.2 Å². The summed E-state index contributed by atoms with van der Waals surface area (Å²) in [5.41, 5.74) is 0. The van der Waals surface area contributed by atoms with E-state index in [1.807, 2.05) is 24.3 Å². The van der Waals surface area contributed by atoms with Crippen LogP contribution in [-0.4, -0.2) is 99.6 Å². The van der Waals surface area contributed by atoms with Gasteiger partial charge in [0.1, 0.15) is 24.4 Å². The molecular weight excluding hydrogens is 943 g/mol. The van der Waals surface area contributed by atoms with Crippen LogP contribution >= 0.6 is 0 Å². The van der Waals surface area contributed by atoms with Gasteiger partial charge in [-0.1, -0.05) is 248 Å². The van der Waals surface area contributed by atoms with Gasteiger partial charge in [0.15, 0.2) is 12.4 Å². The number of aliphatic hydroxyl groups is 5. The Bertz CT molecular complexity index is 1490. The van der Waals surface area contributed by atoms with Gasteiger partial charge in [-0.15, -0.1) is 0 Å². The second kappa shape index (κ2) is 51.8. The van der Waals surface area contributed by atoms with Crippen molar-refractivity contribution in [2.45, 2.75) is 307 Å². The van der Waals surface area contributed by atoms with Gasteiger partial charge in [-0.25, -0.2) is 0 Å². The normalized spacial score (nSPS) is 19.7. The number of nitrogens with one attached hydrogen (secondary N) is 1. The van der Waals surface area contributed by atoms with E-state index in [0.717, 1.165) is 83.5 Å². The van der Waals surface area contributed by atoms with Crippen molar-refractivity contribution in [2.24, 2.45) is 0 Å². The number of amides is 1. The third-order valence-corrected chi connectivity index (χ3v) is 14.2. The van der Waals surface area contributed by atoms with E-state index in [2.05, 4.69) is 68.6 Å². The molecule has 11 heteroatoms. The molecule has 8 unspecified atom stereocenters. The molecule has 0 bridgehead atoms. The lowest BCUT2D eigenvalue weighted by Gasteiger charge is -2.41. The molecule has 0 aliphatic carbocycles. The quantitative estimate of drug-likeness (QED) is 0.0149. The maximum absolute atomic E-state index is 13.4. The molecule has 11 nitrogen and oxygen atoms in total. The van der Waals surface area contributed by atoms with Crippen LogP contribution in [0, 0.1) is 0 Å². The molecule has 434 valence electrons. The molecule has 8 atom stereocenters. The van der Waals surface area contributed by atoms with Crippen molar-refractivity contribution >= 4 is 11.9 Å². The van der Waals surface area contributed by atoms with Crippen molar-refractivity contribution < 1.29 is 49.3 Å². The first-order chi connectivity index (χ1) is 36.7. The predicted octanol–water partition coefficient (Wildman–Crippen LogP) is 14.4. The molecule has 1 heterocycles. The lowest BCUT2D eigenvalue weighted by molar-refractivity contribution is -0.305. The van der Waals surface area contributed by atoms with Crippen LogP contribution in [0.15, 0.2) is 72.9 Å². The van der Waals surface area contributed by atoms with Gasteiger partial charge >= 0.3 is 5.97 Å². The Labute approximate surface area is 458 Å². The fourth-order valence-electron chi connectivity index (χ4n) is 9.27. The zero-order valence-electron chi connectivity index (χ0n) is 47.9. The highest BCUT2D eigenvalue weighted by atomic mass is 16.7. The zero-order valence-corrected chi connectivity index (χ0v) is 47.9. The molecule has 0 aromatic heterocycles. The van der Waals surface area contributed by atoms with Gasteiger partial charge in [0.25, 0.3) is 0 Å². The first-order valence-corrected chi connectivity index (χ1v) is 30.7. The maximum Gasteiger partial charge on any atom is 0.306 e. The highest BCUT2D eigenvalue weighted by molar-refractivity contribution is 5.80. The van der Waals surface area contributed by atoms with Crippen LogP contribution < -0.4 is 5.32 Å². The summed E-state index contributed by atoms with van der Waals surface area (Å²) in [6.45, 7) is 5.61. The molecule has 75 heavy (non-hydrogen) atoms. The topological polar surface area (TPSA) is 175 Å². The summed E-state index contributed by atoms with van der Waals surface area (Å²) in [6, 6.07) is -1.03. The summed E-state index contributed by atoms with van der Waals surface area (Å²) in [4.78, 5) is 26.5. The average molecular weight is 1060 g/mol. The number of allylic oxidation sites excluding steroid dienone is 11. The lowest BCUT2D eigenvalue weighted by Crippen LogP contribution is -2.61. The lowest BCUT2D eigenvalue weighted by atomic mass is 9.99. The second-order valence-electron chi connectivity index (χ2n) is 21.1. The minimum Gasteiger partial charge on any atom is -0.454 e. The van der Waals surface area contributed by atoms with E-state index in [1.165, 1.54) is 128 Å². The van der Waals surface area contributed by atoms with Crippen molar-refractivity contribution in [1.29, 1.82) is 0 Å². The SMILES string of the molecule is CC/C=C/C=C/C=C\CCCCCCCC(=O)OC1C(OCC(NC(=O)C(O)CCCCCCCCCCCCCC/C=C\C/C=C\CCCCC)C(O)/C=C/CCCCCCCCCCC)OC(CO)C(O)C1O. The van der Waals surface area contributed by atoms with E-state index in [9.17, 15) is 35.1 Å². The summed E-state index contributed by atoms with van der Waals surface area (Å²) < 4.78 is 17.6. The van der Waals surface area contributed by atoms with Crippen molar-refractivity contribution in [3.63, 3.8) is 0 Å². The van der Waals surface area contributed by atoms with Crippen LogP contribution in [0.25, 0.3) is 0 Å². The molecule has 1 aliphatic rings. The molecule has 0 aromatic rings. The van der Waals surface area contributed by atoms with E-state index in [0.29, 0.717) is 12.8 Å². The first kappa shape index (κ1) is 70.1. The molecule has 6 N–H and O–H groups in total.